The molecule has 0 aromatic heterocycles. The lowest BCUT2D eigenvalue weighted by Gasteiger charge is -2.61. The van der Waals surface area contributed by atoms with Crippen LogP contribution in [0, 0.1) is 64.1 Å². The lowest BCUT2D eigenvalue weighted by atomic mass is 9.45. The summed E-state index contributed by atoms with van der Waals surface area (Å²) < 4.78 is 6.21. The van der Waals surface area contributed by atoms with Gasteiger partial charge in [0.05, 0.1) is 6.10 Å². The molecule has 0 aromatic rings. The summed E-state index contributed by atoms with van der Waals surface area (Å²) >= 11 is 0. The zero-order valence-electron chi connectivity index (χ0n) is 17.7. The van der Waals surface area contributed by atoms with Gasteiger partial charge in [0.15, 0.2) is 0 Å². The van der Waals surface area contributed by atoms with Gasteiger partial charge >= 0.3 is 0 Å². The third-order valence-corrected chi connectivity index (χ3v) is 11.2. The summed E-state index contributed by atoms with van der Waals surface area (Å²) in [5, 5.41) is 10.4. The van der Waals surface area contributed by atoms with Crippen molar-refractivity contribution in [3.63, 3.8) is 0 Å². The van der Waals surface area contributed by atoms with Gasteiger partial charge in [-0.2, -0.15) is 0 Å². The van der Waals surface area contributed by atoms with Crippen LogP contribution in [0.4, 0.5) is 0 Å². The van der Waals surface area contributed by atoms with E-state index in [2.05, 4.69) is 26.7 Å². The fraction of sp³-hybridized carbons (Fsp3) is 0.920. The lowest BCUT2D eigenvalue weighted by molar-refractivity contribution is -0.162. The van der Waals surface area contributed by atoms with Crippen LogP contribution in [0.25, 0.3) is 0 Å². The van der Waals surface area contributed by atoms with Crippen LogP contribution in [0.3, 0.4) is 0 Å². The highest BCUT2D eigenvalue weighted by atomic mass is 16.5. The average Bonchev–Trinajstić information content (AvgIpc) is 3.17. The largest absolute Gasteiger partial charge is 0.381 e. The third kappa shape index (κ3) is 2.06. The number of hydrogen-bond donors (Lipinski definition) is 1. The summed E-state index contributed by atoms with van der Waals surface area (Å²) in [6.45, 7) is 7.37. The Labute approximate surface area is 165 Å². The second-order valence-corrected chi connectivity index (χ2v) is 11.4. The SMILES string of the molecule is C#C[C@H](O)[C@@H](C)[C@H]1CC[C@H]2[C@@H]3C[C@@H](OC)[C@@]45C[C@H]4CC[C@]5(C)[C@H]3CC[C@]12C. The van der Waals surface area contributed by atoms with E-state index in [9.17, 15) is 5.11 Å². The Morgan fingerprint density at radius 3 is 2.56 bits per heavy atom. The molecule has 0 heterocycles. The molecule has 1 N–H and O–H groups in total. The van der Waals surface area contributed by atoms with Crippen molar-refractivity contribution in [1.29, 1.82) is 0 Å². The van der Waals surface area contributed by atoms with Crippen molar-refractivity contribution in [3.8, 4) is 12.3 Å². The van der Waals surface area contributed by atoms with Gasteiger partial charge in [-0.1, -0.05) is 26.7 Å². The van der Waals surface area contributed by atoms with Gasteiger partial charge in [-0.3, -0.25) is 0 Å². The molecule has 0 unspecified atom stereocenters. The minimum atomic E-state index is -0.593. The summed E-state index contributed by atoms with van der Waals surface area (Å²) in [5.74, 6) is 6.82. The van der Waals surface area contributed by atoms with Gasteiger partial charge in [-0.25, -0.2) is 0 Å². The Bertz CT molecular complexity index is 666. The van der Waals surface area contributed by atoms with E-state index in [1.54, 1.807) is 0 Å². The predicted octanol–water partition coefficient (Wildman–Crippen LogP) is 4.90. The van der Waals surface area contributed by atoms with Crippen LogP contribution in [-0.4, -0.2) is 24.4 Å². The average molecular weight is 371 g/mol. The molecule has 0 saturated heterocycles. The second-order valence-electron chi connectivity index (χ2n) is 11.4. The number of ether oxygens (including phenoxy) is 1. The fourth-order valence-corrected chi connectivity index (χ4v) is 9.85. The number of terminal acetylenes is 1. The highest BCUT2D eigenvalue weighted by Crippen LogP contribution is 2.82. The highest BCUT2D eigenvalue weighted by molar-refractivity contribution is 5.26. The normalized spacial score (nSPS) is 57.6. The van der Waals surface area contributed by atoms with Gasteiger partial charge < -0.3 is 9.84 Å². The molecule has 150 valence electrons. The molecule has 2 nitrogen and oxygen atoms in total. The summed E-state index contributed by atoms with van der Waals surface area (Å²) in [6.07, 6.45) is 16.3. The summed E-state index contributed by atoms with van der Waals surface area (Å²) in [4.78, 5) is 0. The standard InChI is InChI=1S/C25H38O2/c1-6-21(26)15(2)18-7-8-19-17-13-22(27-5)25-14-16(25)9-12-24(25,4)20(17)10-11-23(18,19)3/h1,15-22,26H,7-14H2,2-5H3/t15-,16+,17-,18+,19-,20-,21-,22+,23+,24+,25+/m0/s1. The molecule has 0 amide bonds. The van der Waals surface area contributed by atoms with Crippen LogP contribution in [0.5, 0.6) is 0 Å². The molecule has 5 rings (SSSR count). The van der Waals surface area contributed by atoms with E-state index in [0.29, 0.717) is 28.3 Å². The second kappa shape index (κ2) is 5.76. The predicted molar refractivity (Wildman–Crippen MR) is 108 cm³/mol. The van der Waals surface area contributed by atoms with Crippen LogP contribution in [0.15, 0.2) is 0 Å². The van der Waals surface area contributed by atoms with Gasteiger partial charge in [0, 0.05) is 12.5 Å². The van der Waals surface area contributed by atoms with E-state index in [-0.39, 0.29) is 5.92 Å². The Morgan fingerprint density at radius 2 is 1.89 bits per heavy atom. The molecule has 1 spiro atoms. The first-order valence-corrected chi connectivity index (χ1v) is 11.5. The van der Waals surface area contributed by atoms with Gasteiger partial charge in [0.2, 0.25) is 0 Å². The maximum atomic E-state index is 10.4. The molecule has 5 aliphatic carbocycles. The van der Waals surface area contributed by atoms with Crippen molar-refractivity contribution in [1.82, 2.24) is 0 Å². The van der Waals surface area contributed by atoms with Crippen molar-refractivity contribution in [2.24, 2.45) is 51.8 Å². The summed E-state index contributed by atoms with van der Waals surface area (Å²) in [6, 6.07) is 0. The molecule has 5 saturated carbocycles. The van der Waals surface area contributed by atoms with E-state index in [4.69, 9.17) is 11.2 Å². The molecule has 0 aromatic carbocycles. The van der Waals surface area contributed by atoms with E-state index in [1.807, 2.05) is 7.11 Å². The Balaban J connectivity index is 1.47. The zero-order valence-corrected chi connectivity index (χ0v) is 17.7. The minimum absolute atomic E-state index is 0.213. The van der Waals surface area contributed by atoms with Crippen molar-refractivity contribution >= 4 is 0 Å². The topological polar surface area (TPSA) is 29.5 Å². The van der Waals surface area contributed by atoms with Crippen LogP contribution < -0.4 is 0 Å². The van der Waals surface area contributed by atoms with E-state index in [0.717, 1.165) is 23.7 Å². The molecular formula is C25H38O2. The Morgan fingerprint density at radius 1 is 1.11 bits per heavy atom. The summed E-state index contributed by atoms with van der Waals surface area (Å²) in [7, 11) is 1.97. The minimum Gasteiger partial charge on any atom is -0.381 e. The van der Waals surface area contributed by atoms with E-state index < -0.39 is 6.10 Å². The number of rotatable bonds is 3. The van der Waals surface area contributed by atoms with Gasteiger partial charge in [-0.05, 0) is 97.7 Å². The van der Waals surface area contributed by atoms with E-state index >= 15 is 0 Å². The quantitative estimate of drug-likeness (QED) is 0.716. The van der Waals surface area contributed by atoms with Crippen LogP contribution in [0.1, 0.15) is 72.1 Å². The van der Waals surface area contributed by atoms with Crippen LogP contribution >= 0.6 is 0 Å². The van der Waals surface area contributed by atoms with Gasteiger partial charge in [-0.15, -0.1) is 6.42 Å². The Hall–Kier alpha value is -0.520. The van der Waals surface area contributed by atoms with Crippen molar-refractivity contribution in [2.45, 2.75) is 84.3 Å². The molecule has 0 radical (unpaired) electrons. The van der Waals surface area contributed by atoms with Crippen LogP contribution in [0.2, 0.25) is 0 Å². The molecule has 11 atom stereocenters. The van der Waals surface area contributed by atoms with Crippen molar-refractivity contribution in [3.05, 3.63) is 0 Å². The monoisotopic (exact) mass is 370 g/mol. The summed E-state index contributed by atoms with van der Waals surface area (Å²) in [5.41, 5.74) is 1.37. The molecule has 2 heteroatoms. The highest BCUT2D eigenvalue weighted by Gasteiger charge is 2.77. The molecular weight excluding hydrogens is 332 g/mol. The molecule has 5 aliphatic rings. The smallest absolute Gasteiger partial charge is 0.117 e. The number of fused-ring (bicyclic) bond motifs is 4. The number of hydrogen-bond acceptors (Lipinski definition) is 2. The molecule has 5 fully saturated rings. The number of methoxy groups -OCH3 is 1. The number of aliphatic hydroxyl groups excluding tert-OH is 1. The van der Waals surface area contributed by atoms with E-state index in [1.165, 1.54) is 51.4 Å². The van der Waals surface area contributed by atoms with Gasteiger partial charge in [0.1, 0.15) is 6.10 Å². The first kappa shape index (κ1) is 18.5. The molecule has 27 heavy (non-hydrogen) atoms. The van der Waals surface area contributed by atoms with Crippen molar-refractivity contribution < 1.29 is 9.84 Å². The van der Waals surface area contributed by atoms with Gasteiger partial charge in [0.25, 0.3) is 0 Å². The molecule has 0 aliphatic heterocycles. The first-order chi connectivity index (χ1) is 12.8. The maximum Gasteiger partial charge on any atom is 0.117 e. The zero-order chi connectivity index (χ0) is 19.2. The molecule has 0 bridgehead atoms. The van der Waals surface area contributed by atoms with Crippen molar-refractivity contribution in [2.75, 3.05) is 7.11 Å². The Kier molecular flexibility index (Phi) is 3.95. The third-order valence-electron chi connectivity index (χ3n) is 11.2. The first-order valence-electron chi connectivity index (χ1n) is 11.5. The number of aliphatic hydroxyl groups is 1. The maximum absolute atomic E-state index is 10.4. The van der Waals surface area contributed by atoms with Crippen LogP contribution in [-0.2, 0) is 4.74 Å². The fourth-order valence-electron chi connectivity index (χ4n) is 9.85. The lowest BCUT2D eigenvalue weighted by Crippen LogP contribution is -2.57.